The Balaban J connectivity index is 0.000000407. The van der Waals surface area contributed by atoms with Crippen LogP contribution >= 0.6 is 11.3 Å². The van der Waals surface area contributed by atoms with Crippen molar-refractivity contribution in [2.45, 2.75) is 148 Å². The molecule has 0 spiro atoms. The van der Waals surface area contributed by atoms with Gasteiger partial charge in [-0.25, -0.2) is 0 Å². The third kappa shape index (κ3) is 26.7. The van der Waals surface area contributed by atoms with E-state index in [0.29, 0.717) is 29.8 Å². The van der Waals surface area contributed by atoms with Crippen LogP contribution in [-0.4, -0.2) is 55.4 Å². The second kappa shape index (κ2) is 30.6. The molecule has 6 heterocycles. The van der Waals surface area contributed by atoms with E-state index in [1.54, 1.807) is 48.1 Å². The molecule has 2 amide bonds. The van der Waals surface area contributed by atoms with Crippen LogP contribution in [0.15, 0.2) is 142 Å². The van der Waals surface area contributed by atoms with Crippen molar-refractivity contribution in [2.24, 2.45) is 17.3 Å². The number of nitrogens with zero attached hydrogens (tertiary/aromatic N) is 5. The molecule has 0 atom stereocenters. The van der Waals surface area contributed by atoms with Crippen molar-refractivity contribution < 1.29 is 28.0 Å². The summed E-state index contributed by atoms with van der Waals surface area (Å²) in [4.78, 5) is 29.1. The normalized spacial score (nSPS) is 12.3. The highest BCUT2D eigenvalue weighted by atomic mass is 32.1. The predicted octanol–water partition coefficient (Wildman–Crippen LogP) is 16.1. The van der Waals surface area contributed by atoms with Gasteiger partial charge in [0.05, 0.1) is 22.9 Å². The van der Waals surface area contributed by atoms with Crippen molar-refractivity contribution in [3.63, 3.8) is 0 Å². The molecule has 0 radical (unpaired) electrons. The lowest BCUT2D eigenvalue weighted by Gasteiger charge is -2.29. The van der Waals surface area contributed by atoms with Crippen LogP contribution in [0, 0.1) is 17.3 Å². The summed E-state index contributed by atoms with van der Waals surface area (Å²) in [5, 5.41) is 13.1. The maximum absolute atomic E-state index is 12.0. The lowest BCUT2D eigenvalue weighted by Crippen LogP contribution is -2.45. The molecule has 384 valence electrons. The fourth-order valence-electron chi connectivity index (χ4n) is 5.09. The summed E-state index contributed by atoms with van der Waals surface area (Å²) in [6.45, 7) is 41.1. The summed E-state index contributed by atoms with van der Waals surface area (Å²) in [6, 6.07) is 30.5. The number of para-hydroxylation sites is 3. The average Bonchev–Trinajstić information content (AvgIpc) is 4.12. The zero-order valence-corrected chi connectivity index (χ0v) is 46.7. The first-order valence-corrected chi connectivity index (χ1v) is 25.0. The van der Waals surface area contributed by atoms with E-state index in [0.717, 1.165) is 40.1 Å². The summed E-state index contributed by atoms with van der Waals surface area (Å²) in [5.74, 6) is 3.75. The first kappa shape index (κ1) is 62.0. The summed E-state index contributed by atoms with van der Waals surface area (Å²) in [6.07, 6.45) is 6.82. The topological polar surface area (TPSA) is 126 Å². The standard InChI is InChI=1S/C12H13NO2.C8H8O2.C8H6O.C7H12N2.C6H10N2O.C5H12.C4H4S.2C4H10/c1-12(2,3)13-10(14)8-6-4-5-7-9(8)11(13)15;1-2-4-8-7(3-1)9-5-6-10-8;1-2-4-8-7(3-1)5-6-9-8;1-7(2,3)9-6-4-5-8-9;1-6(2,3)5-7-4-9-8-5;1-5(2,3)4;1-2-4-5-3-1;2*1-4(2)3/h4-7H,1-3H3;1-4H,5-6H2;1-6H;4-6H,1-3H3;4H,1-3H3;1-4H3;1-4H;2*4H,1-3H3. The number of fused-ring (bicyclic) bond motifs is 3. The minimum Gasteiger partial charge on any atom is -0.486 e. The lowest BCUT2D eigenvalue weighted by molar-refractivity contribution is 0.0507. The minimum absolute atomic E-state index is 0.00694. The zero-order chi connectivity index (χ0) is 53.1. The number of aromatic nitrogens is 4. The molecule has 11 nitrogen and oxygen atoms in total. The van der Waals surface area contributed by atoms with Gasteiger partial charge in [-0.05, 0) is 112 Å². The Morgan fingerprint density at radius 1 is 0.586 bits per heavy atom. The molecule has 12 heteroatoms. The first-order chi connectivity index (χ1) is 32.5. The molecule has 0 unspecified atom stereocenters. The molecule has 70 heavy (non-hydrogen) atoms. The molecule has 3 aromatic carbocycles. The molecule has 4 aromatic heterocycles. The maximum atomic E-state index is 12.0. The van der Waals surface area contributed by atoms with Crippen LogP contribution in [0.3, 0.4) is 0 Å². The van der Waals surface area contributed by atoms with E-state index < -0.39 is 5.54 Å². The summed E-state index contributed by atoms with van der Waals surface area (Å²) in [7, 11) is 0. The van der Waals surface area contributed by atoms with E-state index >= 15 is 0 Å². The number of imide groups is 1. The minimum atomic E-state index is -0.465. The predicted molar refractivity (Wildman–Crippen MR) is 291 cm³/mol. The molecule has 0 fully saturated rings. The van der Waals surface area contributed by atoms with Gasteiger partial charge in [-0.3, -0.25) is 19.2 Å². The van der Waals surface area contributed by atoms with Gasteiger partial charge in [-0.2, -0.15) is 21.4 Å². The van der Waals surface area contributed by atoms with Crippen LogP contribution in [0.1, 0.15) is 158 Å². The molecule has 2 aliphatic heterocycles. The molecule has 0 bridgehead atoms. The van der Waals surface area contributed by atoms with E-state index in [1.807, 2.05) is 136 Å². The number of thiophene rings is 1. The van der Waals surface area contributed by atoms with Gasteiger partial charge in [-0.1, -0.05) is 150 Å². The van der Waals surface area contributed by atoms with Gasteiger partial charge in [0.25, 0.3) is 11.8 Å². The number of furan rings is 1. The number of hydrogen-bond acceptors (Lipinski definition) is 10. The number of amides is 2. The quantitative estimate of drug-likeness (QED) is 0.137. The first-order valence-electron chi connectivity index (χ1n) is 24.0. The molecule has 2 aliphatic rings. The van der Waals surface area contributed by atoms with Crippen LogP contribution < -0.4 is 9.47 Å². The molecule has 7 aromatic rings. The molecule has 0 aliphatic carbocycles. The zero-order valence-electron chi connectivity index (χ0n) is 45.9. The highest BCUT2D eigenvalue weighted by Gasteiger charge is 2.41. The highest BCUT2D eigenvalue weighted by molar-refractivity contribution is 7.07. The van der Waals surface area contributed by atoms with Gasteiger partial charge >= 0.3 is 0 Å². The summed E-state index contributed by atoms with van der Waals surface area (Å²) < 4.78 is 22.2. The molecular weight excluding hydrogens is 895 g/mol. The van der Waals surface area contributed by atoms with Gasteiger partial charge in [0, 0.05) is 28.7 Å². The lowest BCUT2D eigenvalue weighted by atomic mass is 9.96. The molecule has 9 rings (SSSR count). The fraction of sp³-hybridized carbons (Fsp3) is 0.466. The monoisotopic (exact) mass is 980 g/mol. The van der Waals surface area contributed by atoms with Gasteiger partial charge in [-0.15, -0.1) is 0 Å². The van der Waals surface area contributed by atoms with Crippen LogP contribution in [0.5, 0.6) is 11.5 Å². The smallest absolute Gasteiger partial charge is 0.262 e. The summed E-state index contributed by atoms with van der Waals surface area (Å²) >= 11 is 1.71. The highest BCUT2D eigenvalue weighted by Crippen LogP contribution is 2.29. The van der Waals surface area contributed by atoms with Crippen LogP contribution in [-0.2, 0) is 11.0 Å². The van der Waals surface area contributed by atoms with Gasteiger partial charge in [0.15, 0.2) is 17.3 Å². The molecule has 0 N–H and O–H groups in total. The van der Waals surface area contributed by atoms with Crippen molar-refractivity contribution in [2.75, 3.05) is 13.2 Å². The Hall–Kier alpha value is -6.01. The van der Waals surface area contributed by atoms with E-state index in [1.165, 1.54) is 11.3 Å². The number of rotatable bonds is 0. The molecular formula is C58H85N5O6S. The summed E-state index contributed by atoms with van der Waals surface area (Å²) in [5.41, 5.74) is 2.15. The number of benzene rings is 3. The van der Waals surface area contributed by atoms with Crippen LogP contribution in [0.4, 0.5) is 0 Å². The molecule has 0 saturated heterocycles. The number of hydrogen-bond donors (Lipinski definition) is 0. The number of carbonyl (C=O) groups is 2. The Morgan fingerprint density at radius 3 is 1.37 bits per heavy atom. The second-order valence-corrected chi connectivity index (χ2v) is 23.0. The fourth-order valence-corrected chi connectivity index (χ4v) is 5.54. The third-order valence-electron chi connectivity index (χ3n) is 7.92. The Morgan fingerprint density at radius 2 is 1.04 bits per heavy atom. The van der Waals surface area contributed by atoms with Crippen LogP contribution in [0.2, 0.25) is 0 Å². The van der Waals surface area contributed by atoms with Crippen molar-refractivity contribution in [3.05, 3.63) is 150 Å². The SMILES string of the molecule is CC(C)(C)C.CC(C)(C)N1C(=O)c2ccccc2C1=O.CC(C)(C)c1ncon1.CC(C)(C)n1cccn1.CC(C)C.CC(C)C.c1ccc2c(c1)OCCO2.c1ccc2occc2c1.c1ccsc1. The van der Waals surface area contributed by atoms with Crippen molar-refractivity contribution in [1.82, 2.24) is 24.8 Å². The van der Waals surface area contributed by atoms with Crippen molar-refractivity contribution in [3.8, 4) is 11.5 Å². The average molecular weight is 980 g/mol. The van der Waals surface area contributed by atoms with E-state index in [9.17, 15) is 9.59 Å². The van der Waals surface area contributed by atoms with Crippen LogP contribution in [0.25, 0.3) is 11.0 Å². The van der Waals surface area contributed by atoms with E-state index in [-0.39, 0.29) is 22.8 Å². The van der Waals surface area contributed by atoms with E-state index in [4.69, 9.17) is 13.9 Å². The number of ether oxygens (including phenoxy) is 2. The second-order valence-electron chi connectivity index (χ2n) is 22.1. The van der Waals surface area contributed by atoms with Gasteiger partial charge < -0.3 is 18.4 Å². The van der Waals surface area contributed by atoms with Gasteiger partial charge in [0.2, 0.25) is 6.39 Å². The van der Waals surface area contributed by atoms with Crippen molar-refractivity contribution >= 4 is 34.1 Å². The Labute approximate surface area is 425 Å². The third-order valence-corrected chi connectivity index (χ3v) is 8.55. The van der Waals surface area contributed by atoms with Gasteiger partial charge in [0.1, 0.15) is 18.8 Å². The molecule has 0 saturated carbocycles. The Kier molecular flexibility index (Phi) is 27.1. The van der Waals surface area contributed by atoms with Crippen molar-refractivity contribution in [1.29, 1.82) is 0 Å². The maximum Gasteiger partial charge on any atom is 0.262 e. The number of carbonyl (C=O) groups excluding carboxylic acids is 2. The largest absolute Gasteiger partial charge is 0.486 e. The Bertz CT molecular complexity index is 2240. The van der Waals surface area contributed by atoms with E-state index in [2.05, 4.69) is 110 Å².